The fourth-order valence-corrected chi connectivity index (χ4v) is 2.52. The van der Waals surface area contributed by atoms with Crippen LogP contribution < -0.4 is 0 Å². The Morgan fingerprint density at radius 3 is 0.864 bits per heavy atom. The highest BCUT2D eigenvalue weighted by atomic mass is 19.4. The van der Waals surface area contributed by atoms with Crippen LogP contribution in [0.5, 0.6) is 0 Å². The monoisotopic (exact) mass is 718 g/mol. The second kappa shape index (κ2) is 10.5. The zero-order chi connectivity index (χ0) is 36.6. The summed E-state index contributed by atoms with van der Waals surface area (Å²) in [6.45, 7) is 1.80. The van der Waals surface area contributed by atoms with Crippen LogP contribution in [0, 0.1) is 0 Å². The normalized spacial score (nSPS) is 17.0. The second-order valence-electron chi connectivity index (χ2n) is 8.15. The fraction of sp³-hybridized carbons (Fsp3) is 0.824. The minimum absolute atomic E-state index is 0.238. The molecule has 0 saturated heterocycles. The summed E-state index contributed by atoms with van der Waals surface area (Å²) in [4.78, 5) is 10.8. The van der Waals surface area contributed by atoms with Crippen molar-refractivity contribution in [1.29, 1.82) is 0 Å². The number of alkyl halides is 25. The van der Waals surface area contributed by atoms with E-state index in [1.54, 1.807) is 0 Å². The second-order valence-corrected chi connectivity index (χ2v) is 8.15. The topological polar surface area (TPSA) is 26.3 Å². The van der Waals surface area contributed by atoms with E-state index in [1.807, 2.05) is 0 Å². The largest absolute Gasteiger partial charge is 0.460 e. The van der Waals surface area contributed by atoms with E-state index >= 15 is 0 Å². The molecule has 2 nitrogen and oxygen atoms in total. The van der Waals surface area contributed by atoms with Gasteiger partial charge in [0.1, 0.15) is 0 Å². The van der Waals surface area contributed by atoms with Crippen molar-refractivity contribution in [2.45, 2.75) is 84.4 Å². The number of carbonyl (C=O) groups excluding carboxylic acids is 1. The van der Waals surface area contributed by atoms with E-state index in [4.69, 9.17) is 0 Å². The smallest absolute Gasteiger partial charge is 0.453 e. The summed E-state index contributed by atoms with van der Waals surface area (Å²) in [6, 6.07) is 0. The van der Waals surface area contributed by atoms with Gasteiger partial charge in [-0.3, -0.25) is 0 Å². The first-order chi connectivity index (χ1) is 18.6. The van der Waals surface area contributed by atoms with Gasteiger partial charge in [0.25, 0.3) is 0 Å². The Balaban J connectivity index is 7.34. The molecule has 0 rings (SSSR count). The summed E-state index contributed by atoms with van der Waals surface area (Å²) < 4.78 is 337. The maximum Gasteiger partial charge on any atom is 0.460 e. The first-order valence-electron chi connectivity index (χ1n) is 9.68. The van der Waals surface area contributed by atoms with Crippen molar-refractivity contribution in [3.63, 3.8) is 0 Å². The maximum atomic E-state index is 13.8. The molecule has 1 atom stereocenters. The minimum Gasteiger partial charge on any atom is -0.453 e. The Morgan fingerprint density at radius 1 is 0.455 bits per heavy atom. The lowest BCUT2D eigenvalue weighted by molar-refractivity contribution is -0.482. The van der Waals surface area contributed by atoms with E-state index in [1.165, 1.54) is 0 Å². The fourth-order valence-electron chi connectivity index (χ4n) is 2.52. The molecule has 0 aliphatic rings. The van der Waals surface area contributed by atoms with Gasteiger partial charge in [0.05, 0.1) is 0 Å². The Bertz CT molecular complexity index is 1080. The summed E-state index contributed by atoms with van der Waals surface area (Å²) in [5.74, 6) is -102. The van der Waals surface area contributed by atoms with Gasteiger partial charge in [-0.05, 0) is 6.92 Å². The molecule has 0 aromatic heterocycles. The maximum absolute atomic E-state index is 13.8. The van der Waals surface area contributed by atoms with Crippen LogP contribution >= 0.6 is 0 Å². The Kier molecular flexibility index (Phi) is 9.89. The third-order valence-corrected chi connectivity index (χ3v) is 5.29. The number of ether oxygens (including phenoxy) is 1. The van der Waals surface area contributed by atoms with Crippen LogP contribution in [0.1, 0.15) is 6.92 Å². The van der Waals surface area contributed by atoms with Crippen LogP contribution in [0.2, 0.25) is 0 Å². The van der Waals surface area contributed by atoms with Crippen molar-refractivity contribution in [2.24, 2.45) is 0 Å². The van der Waals surface area contributed by atoms with Crippen molar-refractivity contribution < 1.29 is 119 Å². The highest BCUT2D eigenvalue weighted by Gasteiger charge is 2.99. The molecule has 0 N–H and O–H groups in total. The SMILES string of the molecule is C=CC(=O)OC(C)C(F)(F)C(F)(F)C(F)(F)C(F)(F)C(F)(F)C(F)(F)C(F)(F)C(F)(F)C(F)(F)C(F)(F)C(F)(F)C(F)(F)F. The average molecular weight is 718 g/mol. The quantitative estimate of drug-likeness (QED) is 0.108. The van der Waals surface area contributed by atoms with Crippen molar-refractivity contribution in [3.8, 4) is 0 Å². The lowest BCUT2D eigenvalue weighted by atomic mass is 9.84. The van der Waals surface area contributed by atoms with Gasteiger partial charge in [0.2, 0.25) is 0 Å². The predicted molar refractivity (Wildman–Crippen MR) is 86.2 cm³/mol. The van der Waals surface area contributed by atoms with Crippen LogP contribution in [-0.4, -0.2) is 83.4 Å². The van der Waals surface area contributed by atoms with Crippen molar-refractivity contribution >= 4 is 5.97 Å². The molecule has 0 aliphatic heterocycles. The summed E-state index contributed by atoms with van der Waals surface area (Å²) >= 11 is 0. The summed E-state index contributed by atoms with van der Waals surface area (Å²) in [5.41, 5.74) is 0. The highest BCUT2D eigenvalue weighted by Crippen LogP contribution is 2.67. The summed E-state index contributed by atoms with van der Waals surface area (Å²) in [5, 5.41) is 0. The summed E-state index contributed by atoms with van der Waals surface area (Å²) in [6.07, 6.45) is -12.6. The molecule has 0 heterocycles. The van der Waals surface area contributed by atoms with Gasteiger partial charge in [0, 0.05) is 6.08 Å². The molecule has 0 aliphatic carbocycles. The molecule has 1 unspecified atom stereocenters. The molecule has 0 saturated carbocycles. The van der Waals surface area contributed by atoms with Crippen LogP contribution in [0.3, 0.4) is 0 Å². The number of esters is 1. The van der Waals surface area contributed by atoms with E-state index in [0.717, 1.165) is 0 Å². The Labute approximate surface area is 223 Å². The standard InChI is InChI=1S/C17H7F25O2/c1-3-5(43)44-4(2)6(18,19)7(20,21)8(22,23)9(24,25)10(26,27)11(28,29)12(30,31)13(32,33)14(34,35)15(36,37)16(38,39)17(40,41)42/h3-4H,1H2,2H3. The number of hydrogen-bond donors (Lipinski definition) is 0. The molecule has 0 bridgehead atoms. The van der Waals surface area contributed by atoms with Crippen LogP contribution in [-0.2, 0) is 9.53 Å². The zero-order valence-corrected chi connectivity index (χ0v) is 19.6. The van der Waals surface area contributed by atoms with Gasteiger partial charge < -0.3 is 4.74 Å². The molecule has 0 fully saturated rings. The summed E-state index contributed by atoms with van der Waals surface area (Å²) in [7, 11) is 0. The molecule has 27 heteroatoms. The first kappa shape index (κ1) is 41.5. The molecule has 0 aromatic rings. The lowest BCUT2D eigenvalue weighted by Crippen LogP contribution is -2.78. The van der Waals surface area contributed by atoms with Gasteiger partial charge in [-0.15, -0.1) is 0 Å². The van der Waals surface area contributed by atoms with Gasteiger partial charge in [-0.2, -0.15) is 110 Å². The van der Waals surface area contributed by atoms with Crippen LogP contribution in [0.4, 0.5) is 110 Å². The number of halogens is 25. The molecular formula is C17H7F25O2. The molecule has 0 radical (unpaired) electrons. The lowest BCUT2D eigenvalue weighted by Gasteiger charge is -2.45. The van der Waals surface area contributed by atoms with Gasteiger partial charge in [0.15, 0.2) is 6.10 Å². The van der Waals surface area contributed by atoms with E-state index in [9.17, 15) is 115 Å². The minimum atomic E-state index is -9.65. The molecular weight excluding hydrogens is 711 g/mol. The molecule has 262 valence electrons. The van der Waals surface area contributed by atoms with Crippen LogP contribution in [0.15, 0.2) is 12.7 Å². The molecule has 0 aromatic carbocycles. The zero-order valence-electron chi connectivity index (χ0n) is 19.6. The highest BCUT2D eigenvalue weighted by molar-refractivity contribution is 5.81. The number of hydrogen-bond acceptors (Lipinski definition) is 2. The van der Waals surface area contributed by atoms with E-state index in [0.29, 0.717) is 0 Å². The van der Waals surface area contributed by atoms with Crippen molar-refractivity contribution in [3.05, 3.63) is 12.7 Å². The molecule has 0 spiro atoms. The molecule has 44 heavy (non-hydrogen) atoms. The van der Waals surface area contributed by atoms with E-state index in [2.05, 4.69) is 11.3 Å². The van der Waals surface area contributed by atoms with Crippen molar-refractivity contribution in [2.75, 3.05) is 0 Å². The number of rotatable bonds is 13. The third kappa shape index (κ3) is 4.96. The van der Waals surface area contributed by atoms with Crippen LogP contribution in [0.25, 0.3) is 0 Å². The predicted octanol–water partition coefficient (Wildman–Crippen LogP) is 8.65. The average Bonchev–Trinajstić information content (AvgIpc) is 2.81. The Hall–Kier alpha value is -2.54. The number of carbonyl (C=O) groups is 1. The Morgan fingerprint density at radius 2 is 0.659 bits per heavy atom. The molecule has 0 amide bonds. The van der Waals surface area contributed by atoms with Gasteiger partial charge in [-0.25, -0.2) is 4.79 Å². The van der Waals surface area contributed by atoms with Crippen molar-refractivity contribution in [1.82, 2.24) is 0 Å². The van der Waals surface area contributed by atoms with Gasteiger partial charge in [-0.1, -0.05) is 6.58 Å². The first-order valence-corrected chi connectivity index (χ1v) is 9.68. The van der Waals surface area contributed by atoms with E-state index in [-0.39, 0.29) is 6.08 Å². The van der Waals surface area contributed by atoms with Gasteiger partial charge >= 0.3 is 77.3 Å². The van der Waals surface area contributed by atoms with E-state index < -0.39 is 90.3 Å². The third-order valence-electron chi connectivity index (χ3n) is 5.29.